The minimum atomic E-state index is -2.55. The Labute approximate surface area is 202 Å². The van der Waals surface area contributed by atoms with E-state index in [1.807, 2.05) is 0 Å². The van der Waals surface area contributed by atoms with E-state index < -0.39 is 16.0 Å². The second-order valence-corrected chi connectivity index (χ2v) is 14.7. The highest BCUT2D eigenvalue weighted by Crippen LogP contribution is 2.36. The molecule has 1 atom stereocenters. The Morgan fingerprint density at radius 1 is 0.485 bits per heavy atom. The summed E-state index contributed by atoms with van der Waals surface area (Å²) in [5, 5.41) is 10.8. The third kappa shape index (κ3) is 3.23. The van der Waals surface area contributed by atoms with Gasteiger partial charge >= 0.3 is 0 Å². The van der Waals surface area contributed by atoms with Gasteiger partial charge in [-0.3, -0.25) is 0 Å². The second-order valence-electron chi connectivity index (χ2n) is 8.33. The Morgan fingerprint density at radius 2 is 1.00 bits per heavy atom. The van der Waals surface area contributed by atoms with Gasteiger partial charge in [0.25, 0.3) is 0 Å². The zero-order chi connectivity index (χ0) is 22.3. The van der Waals surface area contributed by atoms with Crippen LogP contribution in [0.4, 0.5) is 0 Å². The maximum atomic E-state index is 6.73. The minimum absolute atomic E-state index is 0.674. The fourth-order valence-electron chi connectivity index (χ4n) is 5.28. The lowest BCUT2D eigenvalue weighted by Crippen LogP contribution is -2.81. The highest BCUT2D eigenvalue weighted by atomic mass is 35.5. The number of rotatable bonds is 3. The van der Waals surface area contributed by atoms with E-state index >= 15 is 0 Å². The lowest BCUT2D eigenvalue weighted by Gasteiger charge is -2.43. The number of hydrogen-bond donors (Lipinski definition) is 0. The maximum Gasteiger partial charge on any atom is 0.181 e. The summed E-state index contributed by atoms with van der Waals surface area (Å²) in [7, 11) is -3.22. The minimum Gasteiger partial charge on any atom is -0.0843 e. The lowest BCUT2D eigenvalue weighted by atomic mass is 10.3. The van der Waals surface area contributed by atoms with Crippen LogP contribution in [0.1, 0.15) is 0 Å². The summed E-state index contributed by atoms with van der Waals surface area (Å²) < 4.78 is 0. The molecule has 3 heteroatoms. The lowest BCUT2D eigenvalue weighted by molar-refractivity contribution is 1.67. The predicted molar refractivity (Wildman–Crippen MR) is 147 cm³/mol. The summed E-state index contributed by atoms with van der Waals surface area (Å²) in [4.78, 5) is 0. The van der Waals surface area contributed by atoms with E-state index in [1.54, 1.807) is 0 Å². The molecule has 0 spiro atoms. The molecule has 0 nitrogen and oxygen atoms in total. The fourth-order valence-corrected chi connectivity index (χ4v) is 14.5. The van der Waals surface area contributed by atoms with Crippen molar-refractivity contribution in [1.29, 1.82) is 0 Å². The van der Waals surface area contributed by atoms with Crippen LogP contribution in [-0.4, -0.2) is 8.07 Å². The van der Waals surface area contributed by atoms with Crippen LogP contribution >= 0.6 is 19.5 Å². The third-order valence-electron chi connectivity index (χ3n) is 6.58. The standard InChI is InChI=1S/C30H22ClPSi/c31-23-20-21-28-30(22-23)33(25-14-6-2-7-15-25,26-16-8-3-9-17-26)29-19-11-10-18-27(29)32(28)24-12-4-1-5-13-24/h1-22H. The van der Waals surface area contributed by atoms with Crippen molar-refractivity contribution in [2.24, 2.45) is 0 Å². The Hall–Kier alpha value is -2.96. The largest absolute Gasteiger partial charge is 0.181 e. The summed E-state index contributed by atoms with van der Waals surface area (Å²) in [6.07, 6.45) is 0. The zero-order valence-corrected chi connectivity index (χ0v) is 20.7. The summed E-state index contributed by atoms with van der Waals surface area (Å²) in [6, 6.07) is 48.9. The Morgan fingerprint density at radius 3 is 1.64 bits per heavy atom. The quantitative estimate of drug-likeness (QED) is 0.269. The predicted octanol–water partition coefficient (Wildman–Crippen LogP) is 3.79. The van der Waals surface area contributed by atoms with Gasteiger partial charge in [0.15, 0.2) is 8.07 Å². The molecule has 6 rings (SSSR count). The van der Waals surface area contributed by atoms with Crippen LogP contribution in [0, 0.1) is 0 Å². The van der Waals surface area contributed by atoms with Crippen molar-refractivity contribution in [3.8, 4) is 0 Å². The number of fused-ring (bicyclic) bond motifs is 2. The van der Waals surface area contributed by atoms with E-state index in [1.165, 1.54) is 36.7 Å². The van der Waals surface area contributed by atoms with E-state index in [4.69, 9.17) is 11.6 Å². The molecule has 5 aromatic rings. The van der Waals surface area contributed by atoms with Crippen LogP contribution in [0.3, 0.4) is 0 Å². The summed E-state index contributed by atoms with van der Waals surface area (Å²) in [5.41, 5.74) is 0. The molecule has 0 radical (unpaired) electrons. The fraction of sp³-hybridized carbons (Fsp3) is 0. The number of benzene rings is 5. The van der Waals surface area contributed by atoms with Gasteiger partial charge in [-0.2, -0.15) is 0 Å². The van der Waals surface area contributed by atoms with E-state index in [9.17, 15) is 0 Å². The molecular formula is C30H22ClPSi. The van der Waals surface area contributed by atoms with Crippen LogP contribution in [0.2, 0.25) is 5.02 Å². The molecule has 0 saturated carbocycles. The van der Waals surface area contributed by atoms with Gasteiger partial charge in [0.2, 0.25) is 0 Å². The first-order chi connectivity index (χ1) is 16.3. The molecule has 1 aliphatic rings. The topological polar surface area (TPSA) is 0 Å². The highest BCUT2D eigenvalue weighted by Gasteiger charge is 2.49. The first-order valence-electron chi connectivity index (χ1n) is 11.2. The van der Waals surface area contributed by atoms with Gasteiger partial charge in [-0.25, -0.2) is 0 Å². The molecule has 0 amide bonds. The number of hydrogen-bond acceptors (Lipinski definition) is 0. The molecule has 0 aliphatic carbocycles. The van der Waals surface area contributed by atoms with Crippen molar-refractivity contribution in [2.45, 2.75) is 0 Å². The van der Waals surface area contributed by atoms with Crippen molar-refractivity contribution in [3.63, 3.8) is 0 Å². The number of halogens is 1. The van der Waals surface area contributed by atoms with Gasteiger partial charge < -0.3 is 0 Å². The SMILES string of the molecule is Clc1ccc2c(c1)[Si](c1ccccc1)(c1ccccc1)c1ccccc1P2c1ccccc1. The third-order valence-corrected chi connectivity index (χ3v) is 14.7. The molecule has 0 bridgehead atoms. The Kier molecular flexibility index (Phi) is 5.27. The van der Waals surface area contributed by atoms with Gasteiger partial charge in [-0.1, -0.05) is 133 Å². The molecule has 0 aromatic heterocycles. The van der Waals surface area contributed by atoms with Gasteiger partial charge in [-0.05, 0) is 56.7 Å². The average Bonchev–Trinajstić information content (AvgIpc) is 2.89. The van der Waals surface area contributed by atoms with E-state index in [2.05, 4.69) is 133 Å². The first-order valence-corrected chi connectivity index (χ1v) is 14.9. The van der Waals surface area contributed by atoms with E-state index in [0.717, 1.165) is 5.02 Å². The van der Waals surface area contributed by atoms with Crippen molar-refractivity contribution < 1.29 is 0 Å². The van der Waals surface area contributed by atoms with E-state index in [-0.39, 0.29) is 0 Å². The van der Waals surface area contributed by atoms with Crippen molar-refractivity contribution in [3.05, 3.63) is 138 Å². The Bertz CT molecular complexity index is 1380. The molecule has 1 unspecified atom stereocenters. The Balaban J connectivity index is 1.80. The molecule has 0 fully saturated rings. The normalized spacial score (nSPS) is 16.0. The molecule has 0 N–H and O–H groups in total. The summed E-state index contributed by atoms with van der Waals surface area (Å²) >= 11 is 6.73. The molecule has 5 aromatic carbocycles. The smallest absolute Gasteiger partial charge is 0.0843 e. The van der Waals surface area contributed by atoms with Gasteiger partial charge in [-0.15, -0.1) is 0 Å². The molecule has 1 heterocycles. The van der Waals surface area contributed by atoms with Gasteiger partial charge in [0.1, 0.15) is 0 Å². The van der Waals surface area contributed by atoms with E-state index in [0.29, 0.717) is 0 Å². The van der Waals surface area contributed by atoms with Crippen LogP contribution in [-0.2, 0) is 0 Å². The van der Waals surface area contributed by atoms with Crippen molar-refractivity contribution in [1.82, 2.24) is 0 Å². The molecule has 1 aliphatic heterocycles. The molecule has 158 valence electrons. The van der Waals surface area contributed by atoms with Crippen LogP contribution in [0.25, 0.3) is 0 Å². The van der Waals surface area contributed by atoms with Gasteiger partial charge in [0.05, 0.1) is 0 Å². The maximum absolute atomic E-state index is 6.73. The van der Waals surface area contributed by atoms with Crippen LogP contribution in [0.5, 0.6) is 0 Å². The van der Waals surface area contributed by atoms with Crippen LogP contribution in [0.15, 0.2) is 133 Å². The zero-order valence-electron chi connectivity index (χ0n) is 18.0. The van der Waals surface area contributed by atoms with Gasteiger partial charge in [0, 0.05) is 5.02 Å². The second kappa shape index (κ2) is 8.43. The molecule has 0 saturated heterocycles. The summed E-state index contributed by atoms with van der Waals surface area (Å²) in [6.45, 7) is 0. The summed E-state index contributed by atoms with van der Waals surface area (Å²) in [5.74, 6) is 0. The van der Waals surface area contributed by atoms with Crippen molar-refractivity contribution in [2.75, 3.05) is 0 Å². The first kappa shape index (κ1) is 20.6. The monoisotopic (exact) mass is 476 g/mol. The molecule has 33 heavy (non-hydrogen) atoms. The highest BCUT2D eigenvalue weighted by molar-refractivity contribution is 7.81. The van der Waals surface area contributed by atoms with Crippen molar-refractivity contribution >= 4 is 64.3 Å². The van der Waals surface area contributed by atoms with Crippen LogP contribution < -0.4 is 36.7 Å². The average molecular weight is 477 g/mol. The molecular weight excluding hydrogens is 455 g/mol.